The third-order valence-electron chi connectivity index (χ3n) is 4.97. The number of alkyl halides is 3. The van der Waals surface area contributed by atoms with Crippen LogP contribution in [0, 0.1) is 0 Å². The Morgan fingerprint density at radius 3 is 2.67 bits per heavy atom. The molecule has 1 aliphatic rings. The molecular formula is C18H14ClF3N4O. The molecule has 3 heterocycles. The summed E-state index contributed by atoms with van der Waals surface area (Å²) in [6.07, 6.45) is -0.998. The molecule has 0 N–H and O–H groups in total. The number of hydrogen-bond donors (Lipinski definition) is 0. The van der Waals surface area contributed by atoms with Gasteiger partial charge in [-0.2, -0.15) is 18.3 Å². The molecule has 3 aromatic rings. The van der Waals surface area contributed by atoms with Crippen LogP contribution in [0.4, 0.5) is 13.2 Å². The number of fused-ring (bicyclic) bond motifs is 3. The van der Waals surface area contributed by atoms with Crippen LogP contribution < -0.4 is 0 Å². The lowest BCUT2D eigenvalue weighted by Gasteiger charge is -2.20. The maximum Gasteiger partial charge on any atom is 0.418 e. The normalized spacial score (nSPS) is 18.7. The van der Waals surface area contributed by atoms with E-state index in [1.54, 1.807) is 16.8 Å². The van der Waals surface area contributed by atoms with Crippen LogP contribution in [-0.4, -0.2) is 25.9 Å². The molecule has 4 rings (SSSR count). The van der Waals surface area contributed by atoms with Gasteiger partial charge in [-0.05, 0) is 18.1 Å². The van der Waals surface area contributed by atoms with Gasteiger partial charge >= 0.3 is 6.18 Å². The molecule has 1 unspecified atom stereocenters. The summed E-state index contributed by atoms with van der Waals surface area (Å²) < 4.78 is 41.6. The van der Waals surface area contributed by atoms with Crippen LogP contribution in [0.3, 0.4) is 0 Å². The highest BCUT2D eigenvalue weighted by molar-refractivity contribution is 6.29. The van der Waals surface area contributed by atoms with E-state index in [4.69, 9.17) is 11.6 Å². The zero-order chi connectivity index (χ0) is 19.6. The maximum absolute atomic E-state index is 13.3. The number of aromatic nitrogens is 4. The Labute approximate surface area is 157 Å². The smallest absolute Gasteiger partial charge is 0.296 e. The molecule has 1 aliphatic carbocycles. The molecule has 0 radical (unpaired) electrons. The molecule has 0 saturated heterocycles. The zero-order valence-electron chi connectivity index (χ0n) is 14.4. The highest BCUT2D eigenvalue weighted by atomic mass is 35.5. The fraction of sp³-hybridized carbons (Fsp3) is 0.333. The number of halogens is 4. The van der Waals surface area contributed by atoms with Gasteiger partial charge in [0.15, 0.2) is 17.1 Å². The first kappa shape index (κ1) is 17.9. The molecule has 0 spiro atoms. The topological polar surface area (TPSA) is 60.2 Å². The molecule has 1 atom stereocenters. The van der Waals surface area contributed by atoms with Gasteiger partial charge in [-0.15, -0.1) is 0 Å². The van der Waals surface area contributed by atoms with E-state index in [-0.39, 0.29) is 17.6 Å². The second kappa shape index (κ2) is 5.76. The highest BCUT2D eigenvalue weighted by Gasteiger charge is 2.42. The molecule has 0 fully saturated rings. The van der Waals surface area contributed by atoms with Crippen molar-refractivity contribution in [2.24, 2.45) is 0 Å². The van der Waals surface area contributed by atoms with Crippen molar-refractivity contribution in [3.63, 3.8) is 0 Å². The average Bonchev–Trinajstić information content (AvgIpc) is 3.09. The molecule has 0 aliphatic heterocycles. The third kappa shape index (κ3) is 2.79. The molecule has 0 amide bonds. The van der Waals surface area contributed by atoms with Crippen molar-refractivity contribution in [1.29, 1.82) is 0 Å². The minimum absolute atomic E-state index is 0.121. The molecule has 3 aromatic heterocycles. The summed E-state index contributed by atoms with van der Waals surface area (Å²) in [7, 11) is 0. The van der Waals surface area contributed by atoms with E-state index in [1.807, 2.05) is 13.8 Å². The Bertz CT molecular complexity index is 1070. The quantitative estimate of drug-likeness (QED) is 0.603. The largest absolute Gasteiger partial charge is 0.418 e. The summed E-state index contributed by atoms with van der Waals surface area (Å²) in [6.45, 7) is 4.00. The Morgan fingerprint density at radius 2 is 2.00 bits per heavy atom. The van der Waals surface area contributed by atoms with E-state index in [1.165, 1.54) is 6.20 Å². The first-order valence-electron chi connectivity index (χ1n) is 8.19. The van der Waals surface area contributed by atoms with E-state index in [9.17, 15) is 18.0 Å². The average molecular weight is 395 g/mol. The van der Waals surface area contributed by atoms with Gasteiger partial charge in [0, 0.05) is 35.4 Å². The monoisotopic (exact) mass is 394 g/mol. The van der Waals surface area contributed by atoms with Gasteiger partial charge in [0.2, 0.25) is 0 Å². The van der Waals surface area contributed by atoms with Gasteiger partial charge in [-0.25, -0.2) is 9.50 Å². The summed E-state index contributed by atoms with van der Waals surface area (Å²) in [5.41, 5.74) is 0.599. The van der Waals surface area contributed by atoms with Crippen LogP contribution in [0.2, 0.25) is 5.15 Å². The minimum atomic E-state index is -4.66. The van der Waals surface area contributed by atoms with Crippen molar-refractivity contribution in [2.45, 2.75) is 37.8 Å². The van der Waals surface area contributed by atoms with Crippen molar-refractivity contribution in [3.8, 4) is 0 Å². The van der Waals surface area contributed by atoms with E-state index in [0.717, 1.165) is 17.3 Å². The number of rotatable bonds is 2. The Morgan fingerprint density at radius 1 is 1.26 bits per heavy atom. The predicted molar refractivity (Wildman–Crippen MR) is 92.1 cm³/mol. The van der Waals surface area contributed by atoms with E-state index in [2.05, 4.69) is 15.1 Å². The Kier molecular flexibility index (Phi) is 3.82. The number of hydrogen-bond acceptors (Lipinski definition) is 4. The predicted octanol–water partition coefficient (Wildman–Crippen LogP) is 4.42. The molecule has 27 heavy (non-hydrogen) atoms. The molecule has 0 saturated carbocycles. The first-order chi connectivity index (χ1) is 12.6. The van der Waals surface area contributed by atoms with Crippen LogP contribution in [0.1, 0.15) is 59.1 Å². The number of aldehydes is 1. The van der Waals surface area contributed by atoms with Crippen molar-refractivity contribution in [3.05, 3.63) is 57.8 Å². The lowest BCUT2D eigenvalue weighted by atomic mass is 9.86. The third-order valence-corrected chi connectivity index (χ3v) is 5.16. The summed E-state index contributed by atoms with van der Waals surface area (Å²) >= 11 is 6.00. The van der Waals surface area contributed by atoms with Crippen LogP contribution in [0.25, 0.3) is 5.65 Å². The zero-order valence-corrected chi connectivity index (χ0v) is 15.1. The maximum atomic E-state index is 13.3. The highest BCUT2D eigenvalue weighted by Crippen LogP contribution is 2.49. The summed E-state index contributed by atoms with van der Waals surface area (Å²) in [4.78, 5) is 19.0. The number of pyridine rings is 1. The Hall–Kier alpha value is -2.48. The van der Waals surface area contributed by atoms with Crippen molar-refractivity contribution in [1.82, 2.24) is 19.6 Å². The lowest BCUT2D eigenvalue weighted by Crippen LogP contribution is -2.17. The first-order valence-corrected chi connectivity index (χ1v) is 8.56. The molecule has 9 heteroatoms. The molecular weight excluding hydrogens is 381 g/mol. The van der Waals surface area contributed by atoms with E-state index < -0.39 is 17.4 Å². The minimum Gasteiger partial charge on any atom is -0.296 e. The fourth-order valence-corrected chi connectivity index (χ4v) is 4.04. The van der Waals surface area contributed by atoms with Crippen molar-refractivity contribution in [2.75, 3.05) is 0 Å². The number of carbonyl (C=O) groups is 1. The van der Waals surface area contributed by atoms with Gasteiger partial charge in [0.25, 0.3) is 0 Å². The standard InChI is InChI=1S/C18H14ClF3N4O/c1-17(2)5-10(9-3-12(18(20,21)22)13(8-27)23-6-9)11-7-24-15-4-14(19)25-26(15)16(11)17/h3-4,6-8,10H,5H2,1-2H3. The van der Waals surface area contributed by atoms with Gasteiger partial charge in [-0.3, -0.25) is 9.78 Å². The van der Waals surface area contributed by atoms with Crippen LogP contribution in [0.15, 0.2) is 24.5 Å². The van der Waals surface area contributed by atoms with Gasteiger partial charge in [-0.1, -0.05) is 25.4 Å². The molecule has 0 bridgehead atoms. The van der Waals surface area contributed by atoms with E-state index in [0.29, 0.717) is 22.8 Å². The summed E-state index contributed by atoms with van der Waals surface area (Å²) in [6, 6.07) is 2.64. The summed E-state index contributed by atoms with van der Waals surface area (Å²) in [5.74, 6) is -0.343. The fourth-order valence-electron chi connectivity index (χ4n) is 3.87. The van der Waals surface area contributed by atoms with Crippen LogP contribution >= 0.6 is 11.6 Å². The second-order valence-corrected chi connectivity index (χ2v) is 7.64. The SMILES string of the molecule is CC1(C)CC(c2cnc(C=O)c(C(F)(F)F)c2)c2cnc3cc(Cl)nn3c21. The van der Waals surface area contributed by atoms with E-state index >= 15 is 0 Å². The van der Waals surface area contributed by atoms with Crippen LogP contribution in [0.5, 0.6) is 0 Å². The Balaban J connectivity index is 1.91. The van der Waals surface area contributed by atoms with Crippen molar-refractivity contribution < 1.29 is 18.0 Å². The van der Waals surface area contributed by atoms with Gasteiger partial charge < -0.3 is 0 Å². The lowest BCUT2D eigenvalue weighted by molar-refractivity contribution is -0.138. The molecule has 5 nitrogen and oxygen atoms in total. The van der Waals surface area contributed by atoms with Gasteiger partial charge in [0.1, 0.15) is 5.69 Å². The summed E-state index contributed by atoms with van der Waals surface area (Å²) in [5, 5.41) is 4.57. The van der Waals surface area contributed by atoms with Crippen LogP contribution in [-0.2, 0) is 11.6 Å². The molecule has 140 valence electrons. The molecule has 0 aromatic carbocycles. The number of carbonyl (C=O) groups excluding carboxylic acids is 1. The number of nitrogens with zero attached hydrogens (tertiary/aromatic N) is 4. The van der Waals surface area contributed by atoms with Gasteiger partial charge in [0.05, 0.1) is 11.3 Å². The second-order valence-electron chi connectivity index (χ2n) is 7.26. The van der Waals surface area contributed by atoms with Crippen molar-refractivity contribution >= 4 is 23.5 Å².